The van der Waals surface area contributed by atoms with E-state index in [9.17, 15) is 0 Å². The van der Waals surface area contributed by atoms with Crippen LogP contribution in [0, 0.1) is 6.92 Å². The molecule has 1 aliphatic heterocycles. The Morgan fingerprint density at radius 3 is 2.79 bits per heavy atom. The van der Waals surface area contributed by atoms with Gasteiger partial charge in [0.2, 0.25) is 0 Å². The highest BCUT2D eigenvalue weighted by atomic mass is 15.5. The zero-order chi connectivity index (χ0) is 9.80. The summed E-state index contributed by atoms with van der Waals surface area (Å²) in [5.41, 5.74) is 4.42. The maximum Gasteiger partial charge on any atom is 0.163 e. The Morgan fingerprint density at radius 2 is 2.07 bits per heavy atom. The topological polar surface area (TPSA) is 41.1 Å². The van der Waals surface area contributed by atoms with Gasteiger partial charge in [-0.3, -0.25) is 0 Å². The van der Waals surface area contributed by atoms with Crippen LogP contribution in [-0.4, -0.2) is 28.3 Å². The molecule has 0 spiro atoms. The van der Waals surface area contributed by atoms with E-state index in [1.807, 2.05) is 13.0 Å². The molecule has 4 nitrogen and oxygen atoms in total. The largest absolute Gasteiger partial charge is 0.302 e. The number of aryl methyl sites for hydroxylation is 1. The minimum absolute atomic E-state index is 0.854. The van der Waals surface area contributed by atoms with Gasteiger partial charge in [0.05, 0.1) is 6.20 Å². The SMILES string of the molecule is Cc1cnnc(NN2CCCCC2)c1. The van der Waals surface area contributed by atoms with Crippen molar-refractivity contribution in [2.24, 2.45) is 0 Å². The first-order valence-electron chi connectivity index (χ1n) is 5.15. The number of piperidine rings is 1. The highest BCUT2D eigenvalue weighted by molar-refractivity contribution is 5.33. The molecule has 0 amide bonds. The summed E-state index contributed by atoms with van der Waals surface area (Å²) in [6.45, 7) is 4.24. The summed E-state index contributed by atoms with van der Waals surface area (Å²) >= 11 is 0. The maximum atomic E-state index is 4.03. The van der Waals surface area contributed by atoms with Crippen molar-refractivity contribution in [2.75, 3.05) is 18.5 Å². The van der Waals surface area contributed by atoms with Gasteiger partial charge in [0.15, 0.2) is 5.82 Å². The van der Waals surface area contributed by atoms with Crippen LogP contribution in [0.25, 0.3) is 0 Å². The highest BCUT2D eigenvalue weighted by Crippen LogP contribution is 2.11. The summed E-state index contributed by atoms with van der Waals surface area (Å²) in [4.78, 5) is 0. The van der Waals surface area contributed by atoms with Crippen molar-refractivity contribution in [2.45, 2.75) is 26.2 Å². The summed E-state index contributed by atoms with van der Waals surface area (Å²) in [5, 5.41) is 10.2. The molecule has 4 heteroatoms. The zero-order valence-electron chi connectivity index (χ0n) is 8.53. The average Bonchev–Trinajstić information content (AvgIpc) is 2.19. The lowest BCUT2D eigenvalue weighted by molar-refractivity contribution is 0.272. The van der Waals surface area contributed by atoms with E-state index in [2.05, 4.69) is 20.6 Å². The van der Waals surface area contributed by atoms with Crippen molar-refractivity contribution >= 4 is 5.82 Å². The number of hydrogen-bond acceptors (Lipinski definition) is 4. The summed E-state index contributed by atoms with van der Waals surface area (Å²) in [7, 11) is 0. The van der Waals surface area contributed by atoms with Gasteiger partial charge in [0.1, 0.15) is 0 Å². The van der Waals surface area contributed by atoms with Crippen LogP contribution in [0.2, 0.25) is 0 Å². The molecule has 0 aromatic carbocycles. The molecule has 0 saturated carbocycles. The normalized spacial score (nSPS) is 18.1. The fourth-order valence-corrected chi connectivity index (χ4v) is 1.69. The number of rotatable bonds is 2. The number of nitrogens with one attached hydrogen (secondary N) is 1. The third-order valence-corrected chi connectivity index (χ3v) is 2.42. The molecule has 2 rings (SSSR count). The van der Waals surface area contributed by atoms with Crippen molar-refractivity contribution in [3.8, 4) is 0 Å². The van der Waals surface area contributed by atoms with Crippen LogP contribution in [0.1, 0.15) is 24.8 Å². The second-order valence-electron chi connectivity index (χ2n) is 3.78. The van der Waals surface area contributed by atoms with Gasteiger partial charge in [0, 0.05) is 13.1 Å². The van der Waals surface area contributed by atoms with Crippen LogP contribution in [0.5, 0.6) is 0 Å². The Hall–Kier alpha value is -1.16. The van der Waals surface area contributed by atoms with Crippen molar-refractivity contribution in [3.05, 3.63) is 17.8 Å². The molecule has 0 atom stereocenters. The lowest BCUT2D eigenvalue weighted by atomic mass is 10.2. The second-order valence-corrected chi connectivity index (χ2v) is 3.78. The van der Waals surface area contributed by atoms with Gasteiger partial charge in [-0.2, -0.15) is 5.10 Å². The van der Waals surface area contributed by atoms with E-state index in [0.29, 0.717) is 0 Å². The number of aromatic nitrogens is 2. The number of anilines is 1. The van der Waals surface area contributed by atoms with Crippen molar-refractivity contribution in [1.82, 2.24) is 15.2 Å². The van der Waals surface area contributed by atoms with E-state index in [-0.39, 0.29) is 0 Å². The summed E-state index contributed by atoms with van der Waals surface area (Å²) in [5.74, 6) is 0.854. The van der Waals surface area contributed by atoms with E-state index >= 15 is 0 Å². The Labute approximate surface area is 84.3 Å². The molecule has 0 bridgehead atoms. The molecule has 0 unspecified atom stereocenters. The molecule has 76 valence electrons. The molecule has 2 heterocycles. The number of hydrogen-bond donors (Lipinski definition) is 1. The molecule has 1 saturated heterocycles. The molecule has 1 N–H and O–H groups in total. The monoisotopic (exact) mass is 192 g/mol. The predicted octanol–water partition coefficient (Wildman–Crippen LogP) is 1.60. The van der Waals surface area contributed by atoms with Gasteiger partial charge < -0.3 is 5.43 Å². The third-order valence-electron chi connectivity index (χ3n) is 2.42. The fourth-order valence-electron chi connectivity index (χ4n) is 1.69. The first-order chi connectivity index (χ1) is 6.84. The molecule has 1 aromatic heterocycles. The minimum atomic E-state index is 0.854. The quantitative estimate of drug-likeness (QED) is 0.772. The van der Waals surface area contributed by atoms with Crippen molar-refractivity contribution < 1.29 is 0 Å². The van der Waals surface area contributed by atoms with Gasteiger partial charge in [-0.15, -0.1) is 5.10 Å². The Bertz CT molecular complexity index is 294. The van der Waals surface area contributed by atoms with Crippen LogP contribution < -0.4 is 5.43 Å². The lowest BCUT2D eigenvalue weighted by Crippen LogP contribution is -2.35. The third kappa shape index (κ3) is 2.42. The molecule has 0 aliphatic carbocycles. The van der Waals surface area contributed by atoms with E-state index in [1.54, 1.807) is 6.20 Å². The zero-order valence-corrected chi connectivity index (χ0v) is 8.53. The predicted molar refractivity (Wildman–Crippen MR) is 55.8 cm³/mol. The maximum absolute atomic E-state index is 4.03. The highest BCUT2D eigenvalue weighted by Gasteiger charge is 2.09. The Balaban J connectivity index is 1.95. The van der Waals surface area contributed by atoms with Gasteiger partial charge in [-0.25, -0.2) is 5.01 Å². The van der Waals surface area contributed by atoms with E-state index in [4.69, 9.17) is 0 Å². The van der Waals surface area contributed by atoms with Gasteiger partial charge >= 0.3 is 0 Å². The van der Waals surface area contributed by atoms with Crippen molar-refractivity contribution in [3.63, 3.8) is 0 Å². The fraction of sp³-hybridized carbons (Fsp3) is 0.600. The Kier molecular flexibility index (Phi) is 2.93. The van der Waals surface area contributed by atoms with Crippen LogP contribution in [0.4, 0.5) is 5.82 Å². The molecular weight excluding hydrogens is 176 g/mol. The van der Waals surface area contributed by atoms with Crippen LogP contribution in [0.15, 0.2) is 12.3 Å². The standard InChI is InChI=1S/C10H16N4/c1-9-7-10(12-11-8-9)13-14-5-3-2-4-6-14/h7-8H,2-6H2,1H3,(H,12,13). The Morgan fingerprint density at radius 1 is 1.29 bits per heavy atom. The smallest absolute Gasteiger partial charge is 0.163 e. The first kappa shape index (κ1) is 9.40. The summed E-state index contributed by atoms with van der Waals surface area (Å²) in [6.07, 6.45) is 5.65. The molecule has 0 radical (unpaired) electrons. The van der Waals surface area contributed by atoms with Gasteiger partial charge in [0.25, 0.3) is 0 Å². The number of hydrazine groups is 1. The molecule has 1 aliphatic rings. The van der Waals surface area contributed by atoms with Gasteiger partial charge in [-0.05, 0) is 31.4 Å². The average molecular weight is 192 g/mol. The molecule has 14 heavy (non-hydrogen) atoms. The molecular formula is C10H16N4. The van der Waals surface area contributed by atoms with E-state index in [1.165, 1.54) is 19.3 Å². The second kappa shape index (κ2) is 4.37. The van der Waals surface area contributed by atoms with Crippen LogP contribution >= 0.6 is 0 Å². The van der Waals surface area contributed by atoms with Crippen molar-refractivity contribution in [1.29, 1.82) is 0 Å². The minimum Gasteiger partial charge on any atom is -0.302 e. The van der Waals surface area contributed by atoms with Gasteiger partial charge in [-0.1, -0.05) is 6.42 Å². The van der Waals surface area contributed by atoms with E-state index in [0.717, 1.165) is 24.5 Å². The summed E-state index contributed by atoms with van der Waals surface area (Å²) in [6, 6.07) is 2.02. The van der Waals surface area contributed by atoms with Crippen LogP contribution in [0.3, 0.4) is 0 Å². The molecule has 1 aromatic rings. The number of nitrogens with zero attached hydrogens (tertiary/aromatic N) is 3. The summed E-state index contributed by atoms with van der Waals surface area (Å²) < 4.78 is 0. The first-order valence-corrected chi connectivity index (χ1v) is 5.15. The molecule has 1 fully saturated rings. The van der Waals surface area contributed by atoms with Crippen LogP contribution in [-0.2, 0) is 0 Å². The van der Waals surface area contributed by atoms with E-state index < -0.39 is 0 Å². The lowest BCUT2D eigenvalue weighted by Gasteiger charge is -2.27.